The molecule has 0 saturated heterocycles. The van der Waals surface area contributed by atoms with E-state index in [0.29, 0.717) is 29.5 Å². The van der Waals surface area contributed by atoms with Crippen LogP contribution in [0.3, 0.4) is 0 Å². The molecule has 4 heteroatoms. The van der Waals surface area contributed by atoms with Gasteiger partial charge >= 0.3 is 0 Å². The summed E-state index contributed by atoms with van der Waals surface area (Å²) in [6.45, 7) is 4.99. The molecule has 0 bridgehead atoms. The third kappa shape index (κ3) is 2.04. The number of hydrogen-bond donors (Lipinski definition) is 2. The van der Waals surface area contributed by atoms with Crippen molar-refractivity contribution in [3.8, 4) is 0 Å². The number of halogens is 1. The third-order valence-corrected chi connectivity index (χ3v) is 3.49. The average molecular weight is 228 g/mol. The van der Waals surface area contributed by atoms with Crippen LogP contribution < -0.4 is 5.73 Å². The van der Waals surface area contributed by atoms with Gasteiger partial charge in [-0.15, -0.1) is 0 Å². The Morgan fingerprint density at radius 3 is 2.67 bits per heavy atom. The Morgan fingerprint density at radius 2 is 2.20 bits per heavy atom. The van der Waals surface area contributed by atoms with Gasteiger partial charge in [0.05, 0.1) is 0 Å². The molecule has 15 heavy (non-hydrogen) atoms. The number of nitrogens with zero attached hydrogens (tertiary/aromatic N) is 1. The number of nitrogens with two attached hydrogens (primary N) is 1. The van der Waals surface area contributed by atoms with E-state index in [1.807, 2.05) is 0 Å². The van der Waals surface area contributed by atoms with Crippen LogP contribution >= 0.6 is 11.6 Å². The van der Waals surface area contributed by atoms with Crippen LogP contribution in [0, 0.1) is 5.92 Å². The minimum atomic E-state index is 0.326. The zero-order valence-electron chi connectivity index (χ0n) is 9.26. The van der Waals surface area contributed by atoms with Gasteiger partial charge < -0.3 is 5.73 Å². The number of hydrogen-bond acceptors (Lipinski definition) is 2. The summed E-state index contributed by atoms with van der Waals surface area (Å²) in [5.74, 6) is 1.47. The molecule has 1 aliphatic carbocycles. The van der Waals surface area contributed by atoms with Crippen molar-refractivity contribution in [1.29, 1.82) is 0 Å². The lowest BCUT2D eigenvalue weighted by atomic mass is 9.88. The van der Waals surface area contributed by atoms with Gasteiger partial charge in [0, 0.05) is 23.1 Å². The molecule has 0 radical (unpaired) electrons. The first-order valence-corrected chi connectivity index (χ1v) is 5.96. The van der Waals surface area contributed by atoms with Crippen molar-refractivity contribution in [2.24, 2.45) is 11.7 Å². The molecule has 0 amide bonds. The van der Waals surface area contributed by atoms with E-state index in [1.165, 1.54) is 18.5 Å². The highest BCUT2D eigenvalue weighted by atomic mass is 35.5. The Labute approximate surface area is 95.4 Å². The number of aromatic nitrogens is 2. The van der Waals surface area contributed by atoms with Crippen LogP contribution in [0.1, 0.15) is 49.8 Å². The van der Waals surface area contributed by atoms with E-state index >= 15 is 0 Å². The van der Waals surface area contributed by atoms with E-state index in [2.05, 4.69) is 24.0 Å². The quantitative estimate of drug-likeness (QED) is 0.831. The molecule has 0 aliphatic heterocycles. The summed E-state index contributed by atoms with van der Waals surface area (Å²) in [6.07, 6.45) is 2.50. The van der Waals surface area contributed by atoms with E-state index in [9.17, 15) is 0 Å². The van der Waals surface area contributed by atoms with E-state index in [0.717, 1.165) is 5.56 Å². The topological polar surface area (TPSA) is 54.7 Å². The van der Waals surface area contributed by atoms with Gasteiger partial charge in [0.25, 0.3) is 0 Å². The van der Waals surface area contributed by atoms with Crippen molar-refractivity contribution in [2.75, 3.05) is 6.54 Å². The summed E-state index contributed by atoms with van der Waals surface area (Å²) < 4.78 is 0. The van der Waals surface area contributed by atoms with Crippen molar-refractivity contribution < 1.29 is 0 Å². The molecule has 3 nitrogen and oxygen atoms in total. The first-order valence-electron chi connectivity index (χ1n) is 5.58. The summed E-state index contributed by atoms with van der Waals surface area (Å²) in [7, 11) is 0. The number of nitrogens with one attached hydrogen (secondary N) is 1. The Morgan fingerprint density at radius 1 is 1.53 bits per heavy atom. The summed E-state index contributed by atoms with van der Waals surface area (Å²) in [5, 5.41) is 7.79. The van der Waals surface area contributed by atoms with Crippen molar-refractivity contribution in [2.45, 2.75) is 38.5 Å². The van der Waals surface area contributed by atoms with Gasteiger partial charge in [-0.25, -0.2) is 0 Å². The summed E-state index contributed by atoms with van der Waals surface area (Å²) in [5.41, 5.74) is 8.21. The number of rotatable bonds is 4. The first-order chi connectivity index (χ1) is 7.15. The van der Waals surface area contributed by atoms with Gasteiger partial charge in [0.2, 0.25) is 0 Å². The standard InChI is InChI=1S/C11H18ClN3/c1-6(2)8(5-13)9-10(7-3-4-7)14-15-11(9)12/h6-8H,3-5,13H2,1-2H3,(H,14,15). The summed E-state index contributed by atoms with van der Waals surface area (Å²) >= 11 is 6.14. The molecule has 0 aromatic carbocycles. The van der Waals surface area contributed by atoms with Crippen LogP contribution in [0.15, 0.2) is 0 Å². The van der Waals surface area contributed by atoms with Crippen molar-refractivity contribution in [1.82, 2.24) is 10.2 Å². The fourth-order valence-corrected chi connectivity index (χ4v) is 2.38. The molecule has 1 fully saturated rings. The van der Waals surface area contributed by atoms with E-state index in [-0.39, 0.29) is 0 Å². The molecule has 0 spiro atoms. The van der Waals surface area contributed by atoms with Gasteiger partial charge in [-0.1, -0.05) is 25.4 Å². The molecular weight excluding hydrogens is 210 g/mol. The highest BCUT2D eigenvalue weighted by Crippen LogP contribution is 2.44. The SMILES string of the molecule is CC(C)C(CN)c1c(Cl)n[nH]c1C1CC1. The molecule has 1 aromatic heterocycles. The fourth-order valence-electron chi connectivity index (χ4n) is 2.10. The van der Waals surface area contributed by atoms with E-state index in [4.69, 9.17) is 17.3 Å². The van der Waals surface area contributed by atoms with E-state index in [1.54, 1.807) is 0 Å². The smallest absolute Gasteiger partial charge is 0.154 e. The molecule has 1 aromatic rings. The van der Waals surface area contributed by atoms with Gasteiger partial charge in [-0.05, 0) is 25.3 Å². The van der Waals surface area contributed by atoms with Gasteiger partial charge in [-0.3, -0.25) is 5.10 Å². The Kier molecular flexibility index (Phi) is 3.03. The van der Waals surface area contributed by atoms with Crippen molar-refractivity contribution in [3.63, 3.8) is 0 Å². The largest absolute Gasteiger partial charge is 0.330 e. The Balaban J connectivity index is 2.34. The zero-order valence-corrected chi connectivity index (χ0v) is 10.0. The minimum absolute atomic E-state index is 0.326. The van der Waals surface area contributed by atoms with Crippen molar-refractivity contribution >= 4 is 11.6 Å². The summed E-state index contributed by atoms with van der Waals surface area (Å²) in [4.78, 5) is 0. The lowest BCUT2D eigenvalue weighted by molar-refractivity contribution is 0.503. The van der Waals surface area contributed by atoms with Crippen LogP contribution in [0.5, 0.6) is 0 Å². The van der Waals surface area contributed by atoms with Crippen molar-refractivity contribution in [3.05, 3.63) is 16.4 Å². The lowest BCUT2D eigenvalue weighted by Crippen LogP contribution is -2.18. The van der Waals surface area contributed by atoms with E-state index < -0.39 is 0 Å². The second kappa shape index (κ2) is 4.14. The molecule has 1 unspecified atom stereocenters. The maximum atomic E-state index is 6.14. The normalized spacial score (nSPS) is 18.5. The van der Waals surface area contributed by atoms with Crippen LogP contribution in [0.2, 0.25) is 5.15 Å². The molecule has 1 aliphatic rings. The first kappa shape index (κ1) is 11.0. The maximum absolute atomic E-state index is 6.14. The van der Waals surface area contributed by atoms with Gasteiger partial charge in [0.15, 0.2) is 5.15 Å². The maximum Gasteiger partial charge on any atom is 0.154 e. The number of H-pyrrole nitrogens is 1. The average Bonchev–Trinajstić information content (AvgIpc) is 2.95. The van der Waals surface area contributed by atoms with Crippen LogP contribution in [0.25, 0.3) is 0 Å². The highest BCUT2D eigenvalue weighted by Gasteiger charge is 2.32. The molecule has 84 valence electrons. The molecule has 3 N–H and O–H groups in total. The van der Waals surface area contributed by atoms with Crippen LogP contribution in [-0.2, 0) is 0 Å². The second-order valence-electron chi connectivity index (χ2n) is 4.70. The van der Waals surface area contributed by atoms with Crippen LogP contribution in [0.4, 0.5) is 0 Å². The third-order valence-electron chi connectivity index (χ3n) is 3.20. The second-order valence-corrected chi connectivity index (χ2v) is 5.06. The lowest BCUT2D eigenvalue weighted by Gasteiger charge is -2.19. The molecular formula is C11H18ClN3. The zero-order chi connectivity index (χ0) is 11.0. The predicted octanol–water partition coefficient (Wildman–Crippen LogP) is 2.64. The predicted molar refractivity (Wildman–Crippen MR) is 62.2 cm³/mol. The fraction of sp³-hybridized carbons (Fsp3) is 0.727. The molecule has 1 atom stereocenters. The Hall–Kier alpha value is -0.540. The molecule has 2 rings (SSSR count). The highest BCUT2D eigenvalue weighted by molar-refractivity contribution is 6.30. The van der Waals surface area contributed by atoms with Gasteiger partial charge in [0.1, 0.15) is 0 Å². The molecule has 1 heterocycles. The Bertz CT molecular complexity index is 342. The minimum Gasteiger partial charge on any atom is -0.330 e. The number of aromatic amines is 1. The summed E-state index contributed by atoms with van der Waals surface area (Å²) in [6, 6.07) is 0. The monoisotopic (exact) mass is 227 g/mol. The van der Waals surface area contributed by atoms with Gasteiger partial charge in [-0.2, -0.15) is 5.10 Å². The van der Waals surface area contributed by atoms with Crippen LogP contribution in [-0.4, -0.2) is 16.7 Å². The molecule has 1 saturated carbocycles.